The van der Waals surface area contributed by atoms with Crippen LogP contribution in [0.4, 0.5) is 10.1 Å². The molecule has 0 aliphatic carbocycles. The Bertz CT molecular complexity index is 602. The molecule has 2 rings (SSSR count). The van der Waals surface area contributed by atoms with Crippen LogP contribution in [-0.2, 0) is 6.42 Å². The van der Waals surface area contributed by atoms with E-state index in [4.69, 9.17) is 0 Å². The maximum absolute atomic E-state index is 13.7. The Balaban J connectivity index is 1.99. The normalized spacial score (nSPS) is 10.2. The summed E-state index contributed by atoms with van der Waals surface area (Å²) in [5.74, 6) is -0.703. The minimum Gasteiger partial charge on any atom is -0.382 e. The average molecular weight is 287 g/mol. The number of amides is 1. The predicted octanol–water partition coefficient (Wildman–Crippen LogP) is 2.63. The molecular formula is C16H18FN3O. The Kier molecular flexibility index (Phi) is 5.26. The molecule has 0 aliphatic heterocycles. The smallest absolute Gasteiger partial charge is 0.253 e. The summed E-state index contributed by atoms with van der Waals surface area (Å²) < 4.78 is 13.7. The Morgan fingerprint density at radius 2 is 2.14 bits per heavy atom. The van der Waals surface area contributed by atoms with Crippen LogP contribution in [0.3, 0.4) is 0 Å². The van der Waals surface area contributed by atoms with Crippen molar-refractivity contribution in [1.29, 1.82) is 0 Å². The number of nitrogens with one attached hydrogen (secondary N) is 2. The lowest BCUT2D eigenvalue weighted by molar-refractivity contribution is 0.0954. The molecule has 110 valence electrons. The highest BCUT2D eigenvalue weighted by Crippen LogP contribution is 2.19. The number of hydrogen-bond donors (Lipinski definition) is 2. The van der Waals surface area contributed by atoms with Crippen molar-refractivity contribution < 1.29 is 9.18 Å². The van der Waals surface area contributed by atoms with E-state index in [1.54, 1.807) is 18.5 Å². The number of para-hydroxylation sites is 1. The van der Waals surface area contributed by atoms with E-state index in [1.165, 1.54) is 12.1 Å². The van der Waals surface area contributed by atoms with Crippen molar-refractivity contribution in [3.8, 4) is 0 Å². The predicted molar refractivity (Wildman–Crippen MR) is 80.8 cm³/mol. The molecular weight excluding hydrogens is 269 g/mol. The molecule has 0 bridgehead atoms. The van der Waals surface area contributed by atoms with Crippen LogP contribution in [0.1, 0.15) is 22.8 Å². The van der Waals surface area contributed by atoms with Gasteiger partial charge in [-0.1, -0.05) is 12.1 Å². The second-order valence-corrected chi connectivity index (χ2v) is 4.56. The largest absolute Gasteiger partial charge is 0.382 e. The summed E-state index contributed by atoms with van der Waals surface area (Å²) in [5, 5.41) is 5.69. The molecule has 0 spiro atoms. The molecule has 1 aromatic carbocycles. The van der Waals surface area contributed by atoms with Gasteiger partial charge < -0.3 is 10.6 Å². The first-order valence-electron chi connectivity index (χ1n) is 6.92. The second kappa shape index (κ2) is 7.38. The molecule has 5 heteroatoms. The molecule has 0 radical (unpaired) electrons. The van der Waals surface area contributed by atoms with Gasteiger partial charge in [0.05, 0.1) is 11.3 Å². The van der Waals surface area contributed by atoms with Crippen molar-refractivity contribution in [3.63, 3.8) is 0 Å². The highest BCUT2D eigenvalue weighted by Gasteiger charge is 2.14. The number of benzene rings is 1. The quantitative estimate of drug-likeness (QED) is 0.858. The van der Waals surface area contributed by atoms with Crippen LogP contribution >= 0.6 is 0 Å². The van der Waals surface area contributed by atoms with E-state index < -0.39 is 5.82 Å². The number of rotatable bonds is 6. The molecule has 0 unspecified atom stereocenters. The van der Waals surface area contributed by atoms with Crippen molar-refractivity contribution in [1.82, 2.24) is 10.3 Å². The molecule has 0 saturated heterocycles. The van der Waals surface area contributed by atoms with E-state index in [0.717, 1.165) is 5.56 Å². The van der Waals surface area contributed by atoms with Gasteiger partial charge in [-0.2, -0.15) is 0 Å². The van der Waals surface area contributed by atoms with Gasteiger partial charge in [0.15, 0.2) is 0 Å². The van der Waals surface area contributed by atoms with Crippen LogP contribution < -0.4 is 10.6 Å². The number of carbonyl (C=O) groups excluding carboxylic acids is 1. The second-order valence-electron chi connectivity index (χ2n) is 4.56. The SMILES string of the molecule is CCNc1c(F)cccc1C(=O)NCCc1cccnc1. The molecule has 2 aromatic rings. The van der Waals surface area contributed by atoms with Gasteiger partial charge in [-0.05, 0) is 37.1 Å². The zero-order valence-corrected chi connectivity index (χ0v) is 11.9. The summed E-state index contributed by atoms with van der Waals surface area (Å²) in [6.07, 6.45) is 4.15. The van der Waals surface area contributed by atoms with E-state index in [0.29, 0.717) is 25.1 Å². The summed E-state index contributed by atoms with van der Waals surface area (Å²) >= 11 is 0. The number of halogens is 1. The zero-order chi connectivity index (χ0) is 15.1. The van der Waals surface area contributed by atoms with Gasteiger partial charge in [0.2, 0.25) is 0 Å². The van der Waals surface area contributed by atoms with Crippen LogP contribution in [0.5, 0.6) is 0 Å². The lowest BCUT2D eigenvalue weighted by atomic mass is 10.1. The van der Waals surface area contributed by atoms with E-state index in [9.17, 15) is 9.18 Å². The minimum absolute atomic E-state index is 0.249. The number of carbonyl (C=O) groups is 1. The molecule has 21 heavy (non-hydrogen) atoms. The fourth-order valence-corrected chi connectivity index (χ4v) is 2.03. The van der Waals surface area contributed by atoms with E-state index in [2.05, 4.69) is 15.6 Å². The molecule has 2 N–H and O–H groups in total. The van der Waals surface area contributed by atoms with Crippen molar-refractivity contribution in [2.45, 2.75) is 13.3 Å². The van der Waals surface area contributed by atoms with Gasteiger partial charge in [-0.15, -0.1) is 0 Å². The fourth-order valence-electron chi connectivity index (χ4n) is 2.03. The van der Waals surface area contributed by atoms with Crippen molar-refractivity contribution in [2.24, 2.45) is 0 Å². The number of nitrogens with zero attached hydrogens (tertiary/aromatic N) is 1. The Hall–Kier alpha value is -2.43. The highest BCUT2D eigenvalue weighted by molar-refractivity contribution is 5.99. The molecule has 0 fully saturated rings. The lowest BCUT2D eigenvalue weighted by Gasteiger charge is -2.12. The Morgan fingerprint density at radius 1 is 1.29 bits per heavy atom. The van der Waals surface area contributed by atoms with Crippen molar-refractivity contribution in [2.75, 3.05) is 18.4 Å². The number of anilines is 1. The molecule has 4 nitrogen and oxygen atoms in total. The van der Waals surface area contributed by atoms with Crippen LogP contribution in [0.15, 0.2) is 42.7 Å². The third-order valence-corrected chi connectivity index (χ3v) is 3.03. The van der Waals surface area contributed by atoms with Crippen LogP contribution in [0, 0.1) is 5.82 Å². The third-order valence-electron chi connectivity index (χ3n) is 3.03. The molecule has 0 aliphatic rings. The maximum atomic E-state index is 13.7. The summed E-state index contributed by atoms with van der Waals surface area (Å²) in [6, 6.07) is 8.29. The van der Waals surface area contributed by atoms with Gasteiger partial charge in [0.1, 0.15) is 5.82 Å². The van der Waals surface area contributed by atoms with E-state index in [1.807, 2.05) is 19.1 Å². The number of hydrogen-bond acceptors (Lipinski definition) is 3. The van der Waals surface area contributed by atoms with Crippen LogP contribution in [-0.4, -0.2) is 24.0 Å². The van der Waals surface area contributed by atoms with Gasteiger partial charge in [-0.3, -0.25) is 9.78 Å². The first-order chi connectivity index (χ1) is 10.2. The first kappa shape index (κ1) is 15.0. The monoisotopic (exact) mass is 287 g/mol. The van der Waals surface area contributed by atoms with E-state index >= 15 is 0 Å². The van der Waals surface area contributed by atoms with Crippen LogP contribution in [0.25, 0.3) is 0 Å². The molecule has 0 atom stereocenters. The van der Waals surface area contributed by atoms with Crippen molar-refractivity contribution in [3.05, 3.63) is 59.7 Å². The number of pyridine rings is 1. The average Bonchev–Trinajstić information content (AvgIpc) is 2.50. The number of aromatic nitrogens is 1. The molecule has 1 heterocycles. The third kappa shape index (κ3) is 4.02. The summed E-state index contributed by atoms with van der Waals surface area (Å²) in [7, 11) is 0. The fraction of sp³-hybridized carbons (Fsp3) is 0.250. The minimum atomic E-state index is -0.420. The molecule has 0 saturated carbocycles. The van der Waals surface area contributed by atoms with Gasteiger partial charge >= 0.3 is 0 Å². The summed E-state index contributed by atoms with van der Waals surface area (Å²) in [5.41, 5.74) is 1.62. The highest BCUT2D eigenvalue weighted by atomic mass is 19.1. The van der Waals surface area contributed by atoms with E-state index in [-0.39, 0.29) is 11.6 Å². The van der Waals surface area contributed by atoms with Gasteiger partial charge in [0.25, 0.3) is 5.91 Å². The standard InChI is InChI=1S/C16H18FN3O/c1-2-19-15-13(6-3-7-14(15)17)16(21)20-10-8-12-5-4-9-18-11-12/h3-7,9,11,19H,2,8,10H2,1H3,(H,20,21). The Labute approximate surface area is 123 Å². The van der Waals surface area contributed by atoms with Crippen LogP contribution in [0.2, 0.25) is 0 Å². The lowest BCUT2D eigenvalue weighted by Crippen LogP contribution is -2.27. The van der Waals surface area contributed by atoms with Crippen molar-refractivity contribution >= 4 is 11.6 Å². The summed E-state index contributed by atoms with van der Waals surface area (Å²) in [6.45, 7) is 2.89. The zero-order valence-electron chi connectivity index (χ0n) is 11.9. The Morgan fingerprint density at radius 3 is 2.86 bits per heavy atom. The summed E-state index contributed by atoms with van der Waals surface area (Å²) in [4.78, 5) is 16.2. The van der Waals surface area contributed by atoms with Gasteiger partial charge in [-0.25, -0.2) is 4.39 Å². The molecule has 1 aromatic heterocycles. The topological polar surface area (TPSA) is 54.0 Å². The first-order valence-corrected chi connectivity index (χ1v) is 6.92. The molecule has 1 amide bonds. The van der Waals surface area contributed by atoms with Gasteiger partial charge in [0, 0.05) is 25.5 Å². The maximum Gasteiger partial charge on any atom is 0.253 e.